The van der Waals surface area contributed by atoms with Crippen LogP contribution < -0.4 is 0 Å². The average Bonchev–Trinajstić information content (AvgIpc) is 2.24. The van der Waals surface area contributed by atoms with Crippen LogP contribution in [0.2, 0.25) is 0 Å². The molecular weight excluding hydrogens is 252 g/mol. The van der Waals surface area contributed by atoms with Crippen molar-refractivity contribution in [3.63, 3.8) is 0 Å². The molecule has 0 atom stereocenters. The molecule has 1 aromatic carbocycles. The van der Waals surface area contributed by atoms with E-state index in [1.807, 2.05) is 11.8 Å². The molecule has 0 saturated heterocycles. The largest absolute Gasteiger partial charge is 0.507 e. The van der Waals surface area contributed by atoms with E-state index in [1.54, 1.807) is 0 Å². The van der Waals surface area contributed by atoms with E-state index in [2.05, 4.69) is 59.9 Å². The Kier molecular flexibility index (Phi) is 5.00. The van der Waals surface area contributed by atoms with Crippen molar-refractivity contribution < 1.29 is 5.11 Å². The Bertz CT molecular complexity index is 401. The fraction of sp³-hybridized carbons (Fsp3) is 0.647. The summed E-state index contributed by atoms with van der Waals surface area (Å²) in [5.41, 5.74) is 3.41. The summed E-state index contributed by atoms with van der Waals surface area (Å²) in [4.78, 5) is 0. The lowest BCUT2D eigenvalue weighted by Crippen LogP contribution is -2.18. The summed E-state index contributed by atoms with van der Waals surface area (Å²) in [7, 11) is 0. The van der Waals surface area contributed by atoms with Gasteiger partial charge in [0.25, 0.3) is 0 Å². The summed E-state index contributed by atoms with van der Waals surface area (Å²) < 4.78 is 0. The molecule has 1 rings (SSSR count). The first-order valence-corrected chi connectivity index (χ1v) is 8.32. The van der Waals surface area contributed by atoms with Gasteiger partial charge in [-0.05, 0) is 45.9 Å². The Balaban J connectivity index is 3.39. The van der Waals surface area contributed by atoms with Gasteiger partial charge in [0.1, 0.15) is 5.75 Å². The number of benzene rings is 1. The molecule has 2 heteroatoms. The Morgan fingerprint density at radius 3 is 1.68 bits per heavy atom. The van der Waals surface area contributed by atoms with E-state index in [0.717, 1.165) is 23.3 Å². The van der Waals surface area contributed by atoms with E-state index in [1.165, 1.54) is 5.56 Å². The van der Waals surface area contributed by atoms with Crippen molar-refractivity contribution >= 4 is 11.8 Å². The van der Waals surface area contributed by atoms with Crippen LogP contribution in [-0.2, 0) is 17.3 Å². The Hall–Kier alpha value is -0.630. The molecule has 0 aliphatic carbocycles. The van der Waals surface area contributed by atoms with Gasteiger partial charge in [-0.2, -0.15) is 11.8 Å². The minimum atomic E-state index is -0.0283. The molecule has 1 N–H and O–H groups in total. The molecule has 0 bridgehead atoms. The van der Waals surface area contributed by atoms with Gasteiger partial charge in [0, 0.05) is 0 Å². The second-order valence-electron chi connectivity index (χ2n) is 7.28. The van der Waals surface area contributed by atoms with Crippen LogP contribution in [-0.4, -0.2) is 17.1 Å². The second kappa shape index (κ2) is 5.78. The van der Waals surface area contributed by atoms with Gasteiger partial charge in [-0.3, -0.25) is 0 Å². The van der Waals surface area contributed by atoms with Crippen LogP contribution in [0, 0.1) is 0 Å². The number of phenols is 1. The first-order valence-electron chi connectivity index (χ1n) is 6.93. The monoisotopic (exact) mass is 280 g/mol. The highest BCUT2D eigenvalue weighted by atomic mass is 32.2. The number of thioether (sulfide) groups is 1. The Labute approximate surface area is 122 Å². The van der Waals surface area contributed by atoms with E-state index in [4.69, 9.17) is 0 Å². The zero-order chi connectivity index (χ0) is 14.8. The summed E-state index contributed by atoms with van der Waals surface area (Å²) in [6, 6.07) is 4.36. The number of hydrogen-bond donors (Lipinski definition) is 1. The van der Waals surface area contributed by atoms with Crippen molar-refractivity contribution in [2.45, 2.75) is 58.8 Å². The molecule has 1 aromatic rings. The van der Waals surface area contributed by atoms with Crippen molar-refractivity contribution in [1.82, 2.24) is 0 Å². The molecule has 0 unspecified atom stereocenters. The van der Waals surface area contributed by atoms with Crippen LogP contribution in [0.25, 0.3) is 0 Å². The highest BCUT2D eigenvalue weighted by Gasteiger charge is 2.26. The first-order chi connectivity index (χ1) is 8.57. The zero-order valence-corrected chi connectivity index (χ0v) is 14.2. The van der Waals surface area contributed by atoms with Gasteiger partial charge >= 0.3 is 0 Å². The summed E-state index contributed by atoms with van der Waals surface area (Å²) >= 11 is 1.86. The van der Waals surface area contributed by atoms with E-state index in [9.17, 15) is 5.11 Å². The molecule has 0 spiro atoms. The Morgan fingerprint density at radius 1 is 0.947 bits per heavy atom. The number of phenolic OH excluding ortho intramolecular Hbond substituents is 1. The number of hydrogen-bond acceptors (Lipinski definition) is 2. The molecule has 108 valence electrons. The lowest BCUT2D eigenvalue weighted by molar-refractivity contribution is 0.423. The van der Waals surface area contributed by atoms with Crippen LogP contribution in [0.1, 0.15) is 58.2 Å². The number of rotatable bonds is 3. The van der Waals surface area contributed by atoms with Crippen molar-refractivity contribution in [2.24, 2.45) is 0 Å². The minimum Gasteiger partial charge on any atom is -0.507 e. The van der Waals surface area contributed by atoms with Gasteiger partial charge in [-0.15, -0.1) is 0 Å². The molecule has 0 radical (unpaired) electrons. The van der Waals surface area contributed by atoms with Crippen LogP contribution in [0.5, 0.6) is 5.75 Å². The highest BCUT2D eigenvalue weighted by Crippen LogP contribution is 2.39. The van der Waals surface area contributed by atoms with Gasteiger partial charge < -0.3 is 5.11 Å². The third-order valence-electron chi connectivity index (χ3n) is 3.38. The van der Waals surface area contributed by atoms with Crippen LogP contribution >= 0.6 is 11.8 Å². The maximum absolute atomic E-state index is 10.6. The van der Waals surface area contributed by atoms with Crippen molar-refractivity contribution in [3.8, 4) is 5.75 Å². The molecule has 0 saturated carbocycles. The average molecular weight is 280 g/mol. The molecule has 19 heavy (non-hydrogen) atoms. The number of aromatic hydroxyl groups is 1. The SMILES string of the molecule is CSCCc1cc(C(C)(C)C)c(O)c(C(C)(C)C)c1. The molecule has 1 nitrogen and oxygen atoms in total. The summed E-state index contributed by atoms with van der Waals surface area (Å²) in [5, 5.41) is 10.6. The van der Waals surface area contributed by atoms with E-state index in [0.29, 0.717) is 5.75 Å². The normalized spacial score (nSPS) is 12.8. The van der Waals surface area contributed by atoms with Gasteiger partial charge in [0.2, 0.25) is 0 Å². The predicted molar refractivity (Wildman–Crippen MR) is 87.6 cm³/mol. The lowest BCUT2D eigenvalue weighted by Gasteiger charge is -2.28. The summed E-state index contributed by atoms with van der Waals surface area (Å²) in [5.74, 6) is 1.60. The molecule has 0 aliphatic heterocycles. The molecular formula is C17H28OS. The first kappa shape index (κ1) is 16.4. The van der Waals surface area contributed by atoms with Crippen LogP contribution in [0.3, 0.4) is 0 Å². The zero-order valence-electron chi connectivity index (χ0n) is 13.4. The topological polar surface area (TPSA) is 20.2 Å². The van der Waals surface area contributed by atoms with Crippen LogP contribution in [0.4, 0.5) is 0 Å². The maximum atomic E-state index is 10.6. The molecule has 0 fully saturated rings. The molecule has 0 aromatic heterocycles. The van der Waals surface area contributed by atoms with Crippen LogP contribution in [0.15, 0.2) is 12.1 Å². The van der Waals surface area contributed by atoms with Gasteiger partial charge in [-0.1, -0.05) is 53.7 Å². The molecule has 0 amide bonds. The molecule has 0 heterocycles. The minimum absolute atomic E-state index is 0.0283. The van der Waals surface area contributed by atoms with Gasteiger partial charge in [-0.25, -0.2) is 0 Å². The standard InChI is InChI=1S/C17H28OS/c1-16(2,3)13-10-12(8-9-19-7)11-14(15(13)18)17(4,5)6/h10-11,18H,8-9H2,1-7H3. The third-order valence-corrected chi connectivity index (χ3v) is 3.99. The quantitative estimate of drug-likeness (QED) is 0.850. The summed E-state index contributed by atoms with van der Waals surface area (Å²) in [6.45, 7) is 13.0. The number of aryl methyl sites for hydroxylation is 1. The second-order valence-corrected chi connectivity index (χ2v) is 8.27. The van der Waals surface area contributed by atoms with Gasteiger partial charge in [0.05, 0.1) is 0 Å². The third kappa shape index (κ3) is 4.17. The molecule has 0 aliphatic rings. The lowest BCUT2D eigenvalue weighted by atomic mass is 9.78. The van der Waals surface area contributed by atoms with Gasteiger partial charge in [0.15, 0.2) is 0 Å². The van der Waals surface area contributed by atoms with E-state index >= 15 is 0 Å². The highest BCUT2D eigenvalue weighted by molar-refractivity contribution is 7.98. The van der Waals surface area contributed by atoms with Crippen molar-refractivity contribution in [1.29, 1.82) is 0 Å². The fourth-order valence-corrected chi connectivity index (χ4v) is 2.64. The smallest absolute Gasteiger partial charge is 0.123 e. The fourth-order valence-electron chi connectivity index (χ4n) is 2.20. The summed E-state index contributed by atoms with van der Waals surface area (Å²) in [6.07, 6.45) is 3.20. The van der Waals surface area contributed by atoms with E-state index in [-0.39, 0.29) is 10.8 Å². The van der Waals surface area contributed by atoms with Crippen molar-refractivity contribution in [2.75, 3.05) is 12.0 Å². The maximum Gasteiger partial charge on any atom is 0.123 e. The predicted octanol–water partition coefficient (Wildman–Crippen LogP) is 4.89. The van der Waals surface area contributed by atoms with Crippen molar-refractivity contribution in [3.05, 3.63) is 28.8 Å². The van der Waals surface area contributed by atoms with E-state index < -0.39 is 0 Å². The Morgan fingerprint density at radius 2 is 1.37 bits per heavy atom.